The molecule has 0 saturated carbocycles. The molecule has 1 fully saturated rings. The number of hydrogen-bond acceptors (Lipinski definition) is 8. The van der Waals surface area contributed by atoms with Crippen molar-refractivity contribution in [3.63, 3.8) is 0 Å². The molecular formula is C18H21N7O2S2. The molecule has 3 aromatic heterocycles. The van der Waals surface area contributed by atoms with E-state index >= 15 is 0 Å². The lowest BCUT2D eigenvalue weighted by Crippen LogP contribution is -2.42. The largest absolute Gasteiger partial charge is 0.397 e. The van der Waals surface area contributed by atoms with E-state index < -0.39 is 0 Å². The second kappa shape index (κ2) is 7.99. The van der Waals surface area contributed by atoms with Crippen molar-refractivity contribution in [2.75, 3.05) is 24.6 Å². The number of nitrogens with two attached hydrogens (primary N) is 2. The Balaban J connectivity index is 1.43. The molecule has 11 heteroatoms. The van der Waals surface area contributed by atoms with Crippen LogP contribution in [0.5, 0.6) is 0 Å². The van der Waals surface area contributed by atoms with Crippen LogP contribution in [0, 0.1) is 5.92 Å². The zero-order valence-corrected chi connectivity index (χ0v) is 17.5. The third-order valence-electron chi connectivity index (χ3n) is 5.12. The highest BCUT2D eigenvalue weighted by Crippen LogP contribution is 2.39. The first-order valence-corrected chi connectivity index (χ1v) is 11.0. The van der Waals surface area contributed by atoms with Crippen LogP contribution in [0.25, 0.3) is 20.9 Å². The minimum Gasteiger partial charge on any atom is -0.397 e. The molecule has 4 rings (SSSR count). The van der Waals surface area contributed by atoms with Crippen molar-refractivity contribution in [1.82, 2.24) is 24.6 Å². The Kier molecular flexibility index (Phi) is 5.41. The SMILES string of the molecule is Cn1c(SCC(=O)N2CCC(C(N)=O)CC2)nnc1-c1sc2ncccc2c1N. The van der Waals surface area contributed by atoms with Gasteiger partial charge >= 0.3 is 0 Å². The van der Waals surface area contributed by atoms with Crippen molar-refractivity contribution in [2.45, 2.75) is 18.0 Å². The van der Waals surface area contributed by atoms with Gasteiger partial charge in [-0.05, 0) is 25.0 Å². The minimum absolute atomic E-state index is 0.0213. The topological polar surface area (TPSA) is 133 Å². The smallest absolute Gasteiger partial charge is 0.233 e. The molecule has 0 radical (unpaired) electrons. The van der Waals surface area contributed by atoms with Crippen LogP contribution in [0.2, 0.25) is 0 Å². The van der Waals surface area contributed by atoms with E-state index in [4.69, 9.17) is 11.5 Å². The predicted molar refractivity (Wildman–Crippen MR) is 113 cm³/mol. The molecular weight excluding hydrogens is 410 g/mol. The maximum atomic E-state index is 12.5. The highest BCUT2D eigenvalue weighted by molar-refractivity contribution is 7.99. The van der Waals surface area contributed by atoms with E-state index in [0.29, 0.717) is 42.6 Å². The Morgan fingerprint density at radius 2 is 2.07 bits per heavy atom. The number of piperidine rings is 1. The fourth-order valence-corrected chi connectivity index (χ4v) is 5.28. The van der Waals surface area contributed by atoms with Gasteiger partial charge in [0, 0.05) is 37.6 Å². The summed E-state index contributed by atoms with van der Waals surface area (Å²) in [6.07, 6.45) is 2.98. The van der Waals surface area contributed by atoms with Gasteiger partial charge in [-0.15, -0.1) is 21.5 Å². The van der Waals surface area contributed by atoms with Gasteiger partial charge in [-0.1, -0.05) is 11.8 Å². The molecule has 1 aliphatic rings. The van der Waals surface area contributed by atoms with Gasteiger partial charge in [0.25, 0.3) is 0 Å². The van der Waals surface area contributed by atoms with E-state index in [-0.39, 0.29) is 23.5 Å². The number of carbonyl (C=O) groups excluding carboxylic acids is 2. The van der Waals surface area contributed by atoms with Gasteiger partial charge in [-0.3, -0.25) is 9.59 Å². The Morgan fingerprint density at radius 1 is 1.31 bits per heavy atom. The molecule has 152 valence electrons. The Morgan fingerprint density at radius 3 is 2.76 bits per heavy atom. The molecule has 4 N–H and O–H groups in total. The van der Waals surface area contributed by atoms with Gasteiger partial charge in [0.1, 0.15) is 4.83 Å². The maximum Gasteiger partial charge on any atom is 0.233 e. The summed E-state index contributed by atoms with van der Waals surface area (Å²) < 4.78 is 1.85. The average molecular weight is 432 g/mol. The van der Waals surface area contributed by atoms with Gasteiger partial charge in [0.15, 0.2) is 11.0 Å². The van der Waals surface area contributed by atoms with E-state index in [1.165, 1.54) is 23.1 Å². The highest BCUT2D eigenvalue weighted by Gasteiger charge is 2.26. The van der Waals surface area contributed by atoms with E-state index in [9.17, 15) is 9.59 Å². The zero-order valence-electron chi connectivity index (χ0n) is 15.9. The summed E-state index contributed by atoms with van der Waals surface area (Å²) in [5.41, 5.74) is 12.3. The first kappa shape index (κ1) is 19.6. The Labute approximate surface area is 175 Å². The summed E-state index contributed by atoms with van der Waals surface area (Å²) in [5, 5.41) is 10.1. The number of primary amides is 1. The highest BCUT2D eigenvalue weighted by atomic mass is 32.2. The molecule has 9 nitrogen and oxygen atoms in total. The summed E-state index contributed by atoms with van der Waals surface area (Å²) in [6, 6.07) is 3.79. The molecule has 3 aromatic rings. The lowest BCUT2D eigenvalue weighted by atomic mass is 9.96. The molecule has 29 heavy (non-hydrogen) atoms. The summed E-state index contributed by atoms with van der Waals surface area (Å²) in [5.74, 6) is 0.523. The Hall–Kier alpha value is -2.66. The van der Waals surface area contributed by atoms with Crippen LogP contribution in [0.15, 0.2) is 23.5 Å². The standard InChI is InChI=1S/C18H21N7O2S2/c1-24-16(14-13(19)11-3-2-6-21-17(11)29-14)22-23-18(24)28-9-12(26)25-7-4-10(5-8-25)15(20)27/h2-3,6,10H,4-5,7-9,19H2,1H3,(H2,20,27). The summed E-state index contributed by atoms with van der Waals surface area (Å²) in [6.45, 7) is 1.12. The van der Waals surface area contributed by atoms with Crippen LogP contribution in [0.4, 0.5) is 5.69 Å². The van der Waals surface area contributed by atoms with Crippen LogP contribution in [-0.4, -0.2) is 55.3 Å². The fraction of sp³-hybridized carbons (Fsp3) is 0.389. The number of rotatable bonds is 5. The van der Waals surface area contributed by atoms with E-state index in [1.54, 1.807) is 11.1 Å². The van der Waals surface area contributed by atoms with Crippen LogP contribution < -0.4 is 11.5 Å². The number of thioether (sulfide) groups is 1. The molecule has 1 aliphatic heterocycles. The number of aromatic nitrogens is 4. The quantitative estimate of drug-likeness (QED) is 0.585. The second-order valence-electron chi connectivity index (χ2n) is 6.91. The van der Waals surface area contributed by atoms with E-state index in [0.717, 1.165) is 15.1 Å². The Bertz CT molecular complexity index is 1070. The molecule has 4 heterocycles. The third-order valence-corrected chi connectivity index (χ3v) is 7.25. The number of pyridine rings is 1. The van der Waals surface area contributed by atoms with Gasteiger partial charge in [-0.2, -0.15) is 0 Å². The van der Waals surface area contributed by atoms with Crippen molar-refractivity contribution in [3.8, 4) is 10.7 Å². The van der Waals surface area contributed by atoms with Gasteiger partial charge < -0.3 is 20.9 Å². The van der Waals surface area contributed by atoms with Gasteiger partial charge in [-0.25, -0.2) is 4.98 Å². The van der Waals surface area contributed by atoms with E-state index in [1.807, 2.05) is 23.7 Å². The summed E-state index contributed by atoms with van der Waals surface area (Å²) in [7, 11) is 1.86. The van der Waals surface area contributed by atoms with Crippen LogP contribution in [0.3, 0.4) is 0 Å². The number of anilines is 1. The van der Waals surface area contributed by atoms with Crippen LogP contribution in [0.1, 0.15) is 12.8 Å². The third kappa shape index (κ3) is 3.79. The lowest BCUT2D eigenvalue weighted by Gasteiger charge is -2.30. The van der Waals surface area contributed by atoms with Gasteiger partial charge in [0.2, 0.25) is 11.8 Å². The number of thiophene rings is 1. The molecule has 0 aromatic carbocycles. The van der Waals surface area contributed by atoms with Crippen molar-refractivity contribution in [1.29, 1.82) is 0 Å². The number of amides is 2. The van der Waals surface area contributed by atoms with Crippen molar-refractivity contribution < 1.29 is 9.59 Å². The van der Waals surface area contributed by atoms with E-state index in [2.05, 4.69) is 15.2 Å². The molecule has 2 amide bonds. The van der Waals surface area contributed by atoms with Crippen molar-refractivity contribution >= 4 is 50.8 Å². The zero-order chi connectivity index (χ0) is 20.5. The van der Waals surface area contributed by atoms with Crippen LogP contribution >= 0.6 is 23.1 Å². The molecule has 1 saturated heterocycles. The number of fused-ring (bicyclic) bond motifs is 1. The number of carbonyl (C=O) groups is 2. The average Bonchev–Trinajstić information content (AvgIpc) is 3.26. The maximum absolute atomic E-state index is 12.5. The molecule has 0 spiro atoms. The lowest BCUT2D eigenvalue weighted by molar-refractivity contribution is -0.132. The van der Waals surface area contributed by atoms with Gasteiger partial charge in [0.05, 0.1) is 16.3 Å². The molecule has 0 atom stereocenters. The van der Waals surface area contributed by atoms with Crippen LogP contribution in [-0.2, 0) is 16.6 Å². The first-order valence-electron chi connectivity index (χ1n) is 9.18. The number of hydrogen-bond donors (Lipinski definition) is 2. The summed E-state index contributed by atoms with van der Waals surface area (Å²) >= 11 is 2.81. The molecule has 0 bridgehead atoms. The van der Waals surface area contributed by atoms with Crippen molar-refractivity contribution in [3.05, 3.63) is 18.3 Å². The monoisotopic (exact) mass is 431 g/mol. The van der Waals surface area contributed by atoms with Crippen molar-refractivity contribution in [2.24, 2.45) is 18.7 Å². The molecule has 0 unspecified atom stereocenters. The molecule has 0 aliphatic carbocycles. The number of nitrogens with zero attached hydrogens (tertiary/aromatic N) is 5. The normalized spacial score (nSPS) is 15.1. The minimum atomic E-state index is -0.284. The first-order chi connectivity index (χ1) is 14.0. The second-order valence-corrected chi connectivity index (χ2v) is 8.85. The summed E-state index contributed by atoms with van der Waals surface area (Å²) in [4.78, 5) is 31.6. The fourth-order valence-electron chi connectivity index (χ4n) is 3.39. The number of likely N-dealkylation sites (tertiary alicyclic amines) is 1. The predicted octanol–water partition coefficient (Wildman–Crippen LogP) is 1.49. The number of nitrogen functional groups attached to an aromatic ring is 1.